The lowest BCUT2D eigenvalue weighted by Gasteiger charge is -2.42. The van der Waals surface area contributed by atoms with E-state index in [0.717, 1.165) is 18.6 Å². The van der Waals surface area contributed by atoms with Gasteiger partial charge in [0.15, 0.2) is 11.6 Å². The van der Waals surface area contributed by atoms with Crippen LogP contribution in [-0.4, -0.2) is 59.6 Å². The summed E-state index contributed by atoms with van der Waals surface area (Å²) in [6.45, 7) is 6.01. The van der Waals surface area contributed by atoms with E-state index in [-0.39, 0.29) is 29.5 Å². The maximum atomic E-state index is 13.4. The monoisotopic (exact) mass is 326 g/mol. The number of halogens is 2. The Hall–Kier alpha value is -1.53. The van der Waals surface area contributed by atoms with Crippen molar-refractivity contribution < 1.29 is 18.7 Å². The number of likely N-dealkylation sites (N-methyl/N-ethyl adjacent to an activating group) is 1. The van der Waals surface area contributed by atoms with Gasteiger partial charge in [0.05, 0.1) is 6.10 Å². The Labute approximate surface area is 135 Å². The third-order valence-electron chi connectivity index (χ3n) is 4.67. The molecule has 2 rings (SSSR count). The van der Waals surface area contributed by atoms with Crippen LogP contribution in [-0.2, 0) is 0 Å². The van der Waals surface area contributed by atoms with E-state index in [9.17, 15) is 18.7 Å². The fourth-order valence-corrected chi connectivity index (χ4v) is 2.90. The third kappa shape index (κ3) is 4.06. The average molecular weight is 326 g/mol. The van der Waals surface area contributed by atoms with Crippen molar-refractivity contribution in [2.75, 3.05) is 26.7 Å². The first-order chi connectivity index (χ1) is 10.8. The van der Waals surface area contributed by atoms with Gasteiger partial charge < -0.3 is 10.0 Å². The summed E-state index contributed by atoms with van der Waals surface area (Å²) < 4.78 is 26.4. The lowest BCUT2D eigenvalue weighted by molar-refractivity contribution is -0.0162. The van der Waals surface area contributed by atoms with Crippen LogP contribution in [0.4, 0.5) is 8.78 Å². The molecule has 0 unspecified atom stereocenters. The Balaban J connectivity index is 2.12. The molecule has 1 saturated heterocycles. The predicted octanol–water partition coefficient (Wildman–Crippen LogP) is 2.13. The fourth-order valence-electron chi connectivity index (χ4n) is 2.90. The first-order valence-electron chi connectivity index (χ1n) is 7.96. The highest BCUT2D eigenvalue weighted by molar-refractivity contribution is 5.94. The molecule has 1 fully saturated rings. The summed E-state index contributed by atoms with van der Waals surface area (Å²) in [5.74, 6) is -2.05. The highest BCUT2D eigenvalue weighted by Crippen LogP contribution is 2.20. The number of benzene rings is 1. The van der Waals surface area contributed by atoms with Crippen molar-refractivity contribution in [3.8, 4) is 0 Å². The number of hydrogen-bond donors (Lipinski definition) is 1. The Kier molecular flexibility index (Phi) is 5.70. The summed E-state index contributed by atoms with van der Waals surface area (Å²) in [5.41, 5.74) is 0.142. The molecule has 0 saturated carbocycles. The van der Waals surface area contributed by atoms with Crippen LogP contribution in [0.5, 0.6) is 0 Å². The number of aliphatic hydroxyl groups is 1. The van der Waals surface area contributed by atoms with Gasteiger partial charge in [0.2, 0.25) is 0 Å². The Morgan fingerprint density at radius 2 is 2.04 bits per heavy atom. The van der Waals surface area contributed by atoms with Crippen LogP contribution in [0.25, 0.3) is 0 Å². The molecular weight excluding hydrogens is 302 g/mol. The van der Waals surface area contributed by atoms with E-state index in [1.54, 1.807) is 11.9 Å². The highest BCUT2D eigenvalue weighted by Gasteiger charge is 2.32. The van der Waals surface area contributed by atoms with Crippen molar-refractivity contribution in [2.45, 2.75) is 32.4 Å². The summed E-state index contributed by atoms with van der Waals surface area (Å²) in [7, 11) is 1.69. The lowest BCUT2D eigenvalue weighted by atomic mass is 9.95. The molecule has 2 atom stereocenters. The summed E-state index contributed by atoms with van der Waals surface area (Å²) in [5, 5.41) is 9.41. The Morgan fingerprint density at radius 1 is 1.39 bits per heavy atom. The molecule has 1 N–H and O–H groups in total. The number of β-amino-alcohol motifs (C(OH)–C–C–N with tert-alkyl or cyclic N) is 1. The molecular formula is C17H24F2N2O2. The molecule has 1 amide bonds. The van der Waals surface area contributed by atoms with Gasteiger partial charge in [-0.2, -0.15) is 0 Å². The van der Waals surface area contributed by atoms with Gasteiger partial charge in [0.25, 0.3) is 5.91 Å². The summed E-state index contributed by atoms with van der Waals surface area (Å²) >= 11 is 0. The highest BCUT2D eigenvalue weighted by atomic mass is 19.2. The van der Waals surface area contributed by atoms with E-state index in [2.05, 4.69) is 18.7 Å². The van der Waals surface area contributed by atoms with Crippen molar-refractivity contribution in [1.82, 2.24) is 9.80 Å². The molecule has 1 aromatic carbocycles. The second-order valence-electron chi connectivity index (χ2n) is 6.37. The number of hydrogen-bond acceptors (Lipinski definition) is 3. The second kappa shape index (κ2) is 7.36. The molecule has 1 aliphatic rings. The van der Waals surface area contributed by atoms with Crippen LogP contribution in [0.15, 0.2) is 18.2 Å². The zero-order chi connectivity index (χ0) is 17.1. The first-order valence-corrected chi connectivity index (χ1v) is 7.96. The number of carbonyl (C=O) groups excluding carboxylic acids is 1. The zero-order valence-corrected chi connectivity index (χ0v) is 13.8. The van der Waals surface area contributed by atoms with Crippen LogP contribution in [0.1, 0.15) is 30.6 Å². The smallest absolute Gasteiger partial charge is 0.254 e. The minimum Gasteiger partial charge on any atom is -0.390 e. The topological polar surface area (TPSA) is 43.8 Å². The normalized spacial score (nSPS) is 18.3. The van der Waals surface area contributed by atoms with E-state index in [4.69, 9.17) is 0 Å². The molecule has 4 nitrogen and oxygen atoms in total. The predicted molar refractivity (Wildman–Crippen MR) is 84.1 cm³/mol. The third-order valence-corrected chi connectivity index (χ3v) is 4.67. The molecule has 1 heterocycles. The SMILES string of the molecule is CC[C@H](C)[C@@H](CN1CC(O)C1)N(C)C(=O)c1ccc(F)c(F)c1. The van der Waals surface area contributed by atoms with Crippen LogP contribution in [0.3, 0.4) is 0 Å². The average Bonchev–Trinajstić information content (AvgIpc) is 2.51. The van der Waals surface area contributed by atoms with E-state index >= 15 is 0 Å². The summed E-state index contributed by atoms with van der Waals surface area (Å²) in [6.07, 6.45) is 0.607. The zero-order valence-electron chi connectivity index (χ0n) is 13.8. The Bertz CT molecular complexity index is 562. The van der Waals surface area contributed by atoms with E-state index in [1.807, 2.05) is 0 Å². The molecule has 128 valence electrons. The van der Waals surface area contributed by atoms with Gasteiger partial charge in [-0.25, -0.2) is 8.78 Å². The number of nitrogens with zero attached hydrogens (tertiary/aromatic N) is 2. The van der Waals surface area contributed by atoms with Crippen molar-refractivity contribution in [3.05, 3.63) is 35.4 Å². The second-order valence-corrected chi connectivity index (χ2v) is 6.37. The summed E-state index contributed by atoms with van der Waals surface area (Å²) in [4.78, 5) is 16.3. The minimum absolute atomic E-state index is 0.0480. The van der Waals surface area contributed by atoms with Gasteiger partial charge in [0, 0.05) is 38.3 Å². The molecule has 1 aromatic rings. The quantitative estimate of drug-likeness (QED) is 0.871. The van der Waals surface area contributed by atoms with Crippen LogP contribution < -0.4 is 0 Å². The lowest BCUT2D eigenvalue weighted by Crippen LogP contribution is -2.57. The first kappa shape index (κ1) is 17.8. The van der Waals surface area contributed by atoms with Crippen molar-refractivity contribution in [2.24, 2.45) is 5.92 Å². The number of aliphatic hydroxyl groups excluding tert-OH is 1. The molecule has 0 spiro atoms. The van der Waals surface area contributed by atoms with E-state index < -0.39 is 11.6 Å². The van der Waals surface area contributed by atoms with Gasteiger partial charge in [-0.15, -0.1) is 0 Å². The maximum absolute atomic E-state index is 13.4. The number of likely N-dealkylation sites (tertiary alicyclic amines) is 1. The van der Waals surface area contributed by atoms with Gasteiger partial charge in [-0.1, -0.05) is 20.3 Å². The molecule has 6 heteroatoms. The number of carbonyl (C=O) groups is 1. The fraction of sp³-hybridized carbons (Fsp3) is 0.588. The standard InChI is InChI=1S/C17H24F2N2O2/c1-4-11(2)16(10-21-8-13(22)9-21)20(3)17(23)12-5-6-14(18)15(19)7-12/h5-7,11,13,16,22H,4,8-10H2,1-3H3/t11-,16+/m0/s1. The van der Waals surface area contributed by atoms with Crippen molar-refractivity contribution in [1.29, 1.82) is 0 Å². The molecule has 0 aliphatic carbocycles. The van der Waals surface area contributed by atoms with Crippen molar-refractivity contribution in [3.63, 3.8) is 0 Å². The van der Waals surface area contributed by atoms with Crippen LogP contribution in [0, 0.1) is 17.6 Å². The molecule has 0 radical (unpaired) electrons. The van der Waals surface area contributed by atoms with Crippen LogP contribution >= 0.6 is 0 Å². The van der Waals surface area contributed by atoms with Gasteiger partial charge in [-0.3, -0.25) is 9.69 Å². The minimum atomic E-state index is -1.02. The van der Waals surface area contributed by atoms with Gasteiger partial charge >= 0.3 is 0 Å². The van der Waals surface area contributed by atoms with E-state index in [1.165, 1.54) is 6.07 Å². The Morgan fingerprint density at radius 3 is 2.57 bits per heavy atom. The van der Waals surface area contributed by atoms with Crippen LogP contribution in [0.2, 0.25) is 0 Å². The molecule has 0 aromatic heterocycles. The van der Waals surface area contributed by atoms with Gasteiger partial charge in [0.1, 0.15) is 0 Å². The van der Waals surface area contributed by atoms with E-state index in [0.29, 0.717) is 19.6 Å². The number of rotatable bonds is 6. The van der Waals surface area contributed by atoms with Gasteiger partial charge in [-0.05, 0) is 24.1 Å². The maximum Gasteiger partial charge on any atom is 0.254 e. The molecule has 1 aliphatic heterocycles. The largest absolute Gasteiger partial charge is 0.390 e. The van der Waals surface area contributed by atoms with Crippen molar-refractivity contribution >= 4 is 5.91 Å². The molecule has 23 heavy (non-hydrogen) atoms. The number of amides is 1. The summed E-state index contributed by atoms with van der Waals surface area (Å²) in [6, 6.07) is 3.17. The molecule has 0 bridgehead atoms.